The summed E-state index contributed by atoms with van der Waals surface area (Å²) < 4.78 is 0. The number of carbonyl (C=O) groups is 1. The third-order valence-corrected chi connectivity index (χ3v) is 1.78. The van der Waals surface area contributed by atoms with Gasteiger partial charge in [-0.3, -0.25) is 4.79 Å². The predicted molar refractivity (Wildman–Crippen MR) is 36.0 cm³/mol. The molecule has 1 aliphatic heterocycles. The van der Waals surface area contributed by atoms with Crippen LogP contribution in [0.25, 0.3) is 0 Å². The summed E-state index contributed by atoms with van der Waals surface area (Å²) in [6.45, 7) is 3.29. The zero-order valence-corrected chi connectivity index (χ0v) is 6.00. The maximum Gasteiger partial charge on any atom is 0.223 e. The van der Waals surface area contributed by atoms with Gasteiger partial charge in [-0.05, 0) is 6.92 Å². The molecule has 1 saturated heterocycles. The standard InChI is InChI=1S/C7H10N2O/c1-2-9-5-6(4-8)3-7(9)10/h6H,2-3,5H2,1H3/t6-/m0/s1. The number of nitrogens with zero attached hydrogens (tertiary/aromatic N) is 2. The smallest absolute Gasteiger partial charge is 0.223 e. The number of amides is 1. The van der Waals surface area contributed by atoms with Gasteiger partial charge in [-0.25, -0.2) is 0 Å². The lowest BCUT2D eigenvalue weighted by atomic mass is 10.1. The highest BCUT2D eigenvalue weighted by molar-refractivity contribution is 5.79. The molecular weight excluding hydrogens is 128 g/mol. The number of hydrogen-bond acceptors (Lipinski definition) is 2. The lowest BCUT2D eigenvalue weighted by Crippen LogP contribution is -2.24. The highest BCUT2D eigenvalue weighted by Crippen LogP contribution is 2.15. The molecule has 0 saturated carbocycles. The van der Waals surface area contributed by atoms with Gasteiger partial charge in [0.2, 0.25) is 5.91 Å². The van der Waals surface area contributed by atoms with Crippen LogP contribution < -0.4 is 0 Å². The Morgan fingerprint density at radius 2 is 2.60 bits per heavy atom. The number of hydrogen-bond donors (Lipinski definition) is 0. The van der Waals surface area contributed by atoms with E-state index >= 15 is 0 Å². The number of likely N-dealkylation sites (tertiary alicyclic amines) is 1. The third kappa shape index (κ3) is 1.10. The number of rotatable bonds is 1. The molecule has 0 N–H and O–H groups in total. The summed E-state index contributed by atoms with van der Waals surface area (Å²) in [5, 5.41) is 8.47. The van der Waals surface area contributed by atoms with Crippen molar-refractivity contribution in [3.8, 4) is 6.07 Å². The Kier molecular flexibility index (Phi) is 1.91. The molecule has 0 aromatic rings. The van der Waals surface area contributed by atoms with Crippen molar-refractivity contribution in [2.45, 2.75) is 13.3 Å². The largest absolute Gasteiger partial charge is 0.342 e. The van der Waals surface area contributed by atoms with Crippen molar-refractivity contribution in [2.24, 2.45) is 5.92 Å². The normalized spacial score (nSPS) is 25.0. The van der Waals surface area contributed by atoms with Crippen molar-refractivity contribution in [3.63, 3.8) is 0 Å². The van der Waals surface area contributed by atoms with E-state index in [4.69, 9.17) is 5.26 Å². The quantitative estimate of drug-likeness (QED) is 0.525. The van der Waals surface area contributed by atoms with Crippen LogP contribution in [0.2, 0.25) is 0 Å². The monoisotopic (exact) mass is 138 g/mol. The van der Waals surface area contributed by atoms with Crippen LogP contribution in [0.4, 0.5) is 0 Å². The highest BCUT2D eigenvalue weighted by Gasteiger charge is 2.27. The maximum absolute atomic E-state index is 10.9. The Balaban J connectivity index is 2.54. The average molecular weight is 138 g/mol. The third-order valence-electron chi connectivity index (χ3n) is 1.78. The second-order valence-corrected chi connectivity index (χ2v) is 2.46. The minimum atomic E-state index is -0.0625. The Bertz CT molecular complexity index is 183. The molecule has 1 heterocycles. The maximum atomic E-state index is 10.9. The summed E-state index contributed by atoms with van der Waals surface area (Å²) >= 11 is 0. The molecule has 0 aromatic heterocycles. The predicted octanol–water partition coefficient (Wildman–Crippen LogP) is 0.378. The summed E-state index contributed by atoms with van der Waals surface area (Å²) in [6.07, 6.45) is 0.421. The molecule has 54 valence electrons. The van der Waals surface area contributed by atoms with Gasteiger partial charge in [-0.2, -0.15) is 5.26 Å². The lowest BCUT2D eigenvalue weighted by molar-refractivity contribution is -0.127. The SMILES string of the molecule is CCN1C[C@H](C#N)CC1=O. The molecule has 3 heteroatoms. The van der Waals surface area contributed by atoms with E-state index in [-0.39, 0.29) is 11.8 Å². The van der Waals surface area contributed by atoms with Crippen LogP contribution in [0.3, 0.4) is 0 Å². The molecule has 0 aromatic carbocycles. The minimum Gasteiger partial charge on any atom is -0.342 e. The molecule has 1 fully saturated rings. The van der Waals surface area contributed by atoms with Crippen LogP contribution in [-0.2, 0) is 4.79 Å². The Labute approximate surface area is 60.2 Å². The molecule has 0 unspecified atom stereocenters. The van der Waals surface area contributed by atoms with E-state index in [0.717, 1.165) is 6.54 Å². The minimum absolute atomic E-state index is 0.0625. The van der Waals surface area contributed by atoms with Crippen LogP contribution in [0, 0.1) is 17.2 Å². The first kappa shape index (κ1) is 7.07. The Morgan fingerprint density at radius 1 is 1.90 bits per heavy atom. The van der Waals surface area contributed by atoms with Gasteiger partial charge in [0.25, 0.3) is 0 Å². The molecule has 0 spiro atoms. The topological polar surface area (TPSA) is 44.1 Å². The van der Waals surface area contributed by atoms with Crippen molar-refractivity contribution < 1.29 is 4.79 Å². The molecule has 1 atom stereocenters. The summed E-state index contributed by atoms with van der Waals surface area (Å²) in [7, 11) is 0. The molecule has 0 radical (unpaired) electrons. The molecule has 0 aliphatic carbocycles. The molecule has 1 aliphatic rings. The molecule has 1 rings (SSSR count). The second kappa shape index (κ2) is 2.70. The van der Waals surface area contributed by atoms with Gasteiger partial charge in [0.15, 0.2) is 0 Å². The molecule has 0 bridgehead atoms. The average Bonchev–Trinajstić information content (AvgIpc) is 2.30. The first-order valence-electron chi connectivity index (χ1n) is 3.45. The Hall–Kier alpha value is -1.04. The summed E-state index contributed by atoms with van der Waals surface area (Å²) in [5.74, 6) is 0.0569. The summed E-state index contributed by atoms with van der Waals surface area (Å²) in [4.78, 5) is 12.7. The second-order valence-electron chi connectivity index (χ2n) is 2.46. The van der Waals surface area contributed by atoms with E-state index in [9.17, 15) is 4.79 Å². The van der Waals surface area contributed by atoms with Gasteiger partial charge in [0.05, 0.1) is 12.0 Å². The lowest BCUT2D eigenvalue weighted by Gasteiger charge is -2.10. The zero-order valence-electron chi connectivity index (χ0n) is 6.00. The van der Waals surface area contributed by atoms with Crippen LogP contribution in [0.1, 0.15) is 13.3 Å². The van der Waals surface area contributed by atoms with E-state index in [1.807, 2.05) is 6.92 Å². The van der Waals surface area contributed by atoms with Crippen molar-refractivity contribution in [3.05, 3.63) is 0 Å². The summed E-state index contributed by atoms with van der Waals surface area (Å²) in [5.41, 5.74) is 0. The van der Waals surface area contributed by atoms with Crippen LogP contribution in [-0.4, -0.2) is 23.9 Å². The van der Waals surface area contributed by atoms with E-state index in [1.54, 1.807) is 4.90 Å². The van der Waals surface area contributed by atoms with Crippen molar-refractivity contribution >= 4 is 5.91 Å². The van der Waals surface area contributed by atoms with E-state index in [0.29, 0.717) is 13.0 Å². The van der Waals surface area contributed by atoms with Gasteiger partial charge in [-0.15, -0.1) is 0 Å². The van der Waals surface area contributed by atoms with E-state index in [2.05, 4.69) is 6.07 Å². The van der Waals surface area contributed by atoms with Gasteiger partial charge in [0.1, 0.15) is 0 Å². The number of nitriles is 1. The van der Waals surface area contributed by atoms with Gasteiger partial charge >= 0.3 is 0 Å². The van der Waals surface area contributed by atoms with Crippen LogP contribution in [0.15, 0.2) is 0 Å². The number of carbonyl (C=O) groups excluding carboxylic acids is 1. The van der Waals surface area contributed by atoms with Crippen LogP contribution >= 0.6 is 0 Å². The zero-order chi connectivity index (χ0) is 7.56. The fraction of sp³-hybridized carbons (Fsp3) is 0.714. The first-order valence-corrected chi connectivity index (χ1v) is 3.45. The van der Waals surface area contributed by atoms with Gasteiger partial charge in [-0.1, -0.05) is 0 Å². The van der Waals surface area contributed by atoms with Crippen molar-refractivity contribution in [2.75, 3.05) is 13.1 Å². The molecule has 10 heavy (non-hydrogen) atoms. The van der Waals surface area contributed by atoms with Crippen LogP contribution in [0.5, 0.6) is 0 Å². The fourth-order valence-corrected chi connectivity index (χ4v) is 1.16. The highest BCUT2D eigenvalue weighted by atomic mass is 16.2. The molecule has 3 nitrogen and oxygen atoms in total. The van der Waals surface area contributed by atoms with Gasteiger partial charge < -0.3 is 4.90 Å². The van der Waals surface area contributed by atoms with E-state index in [1.165, 1.54) is 0 Å². The van der Waals surface area contributed by atoms with E-state index < -0.39 is 0 Å². The van der Waals surface area contributed by atoms with Crippen molar-refractivity contribution in [1.82, 2.24) is 4.90 Å². The summed E-state index contributed by atoms with van der Waals surface area (Å²) in [6, 6.07) is 2.10. The fourth-order valence-electron chi connectivity index (χ4n) is 1.16. The molecule has 1 amide bonds. The Morgan fingerprint density at radius 3 is 2.90 bits per heavy atom. The first-order chi connectivity index (χ1) is 4.77. The molecular formula is C7H10N2O. The van der Waals surface area contributed by atoms with Gasteiger partial charge in [0, 0.05) is 19.5 Å². The van der Waals surface area contributed by atoms with Crippen molar-refractivity contribution in [1.29, 1.82) is 5.26 Å².